The maximum absolute atomic E-state index is 10.8. The highest BCUT2D eigenvalue weighted by Gasteiger charge is 2.27. The van der Waals surface area contributed by atoms with Gasteiger partial charge in [0.15, 0.2) is 5.82 Å². The van der Waals surface area contributed by atoms with Gasteiger partial charge in [0, 0.05) is 30.1 Å². The van der Waals surface area contributed by atoms with Crippen LogP contribution in [0.3, 0.4) is 0 Å². The molecule has 0 fully saturated rings. The Morgan fingerprint density at radius 2 is 1.44 bits per heavy atom. The average Bonchev–Trinajstić information content (AvgIpc) is 2.82. The number of benzene rings is 2. The molecule has 1 atom stereocenters. The summed E-state index contributed by atoms with van der Waals surface area (Å²) >= 11 is 0. The molecule has 0 saturated carbocycles. The molecule has 4 rings (SSSR count). The van der Waals surface area contributed by atoms with Crippen LogP contribution in [0, 0.1) is 13.8 Å². The van der Waals surface area contributed by atoms with Crippen LogP contribution in [0.1, 0.15) is 62.3 Å². The number of rotatable bonds is 9. The molecule has 3 aromatic rings. The molecule has 2 aromatic carbocycles. The second-order valence-corrected chi connectivity index (χ2v) is 9.56. The van der Waals surface area contributed by atoms with Crippen molar-refractivity contribution in [2.75, 3.05) is 11.4 Å². The fourth-order valence-electron chi connectivity index (χ4n) is 4.63. The van der Waals surface area contributed by atoms with Crippen LogP contribution in [0.25, 0.3) is 22.5 Å². The summed E-state index contributed by atoms with van der Waals surface area (Å²) in [5.74, 6) is 0.303. The summed E-state index contributed by atoms with van der Waals surface area (Å²) in [5.41, 5.74) is 7.60. The Hall–Kier alpha value is -3.21. The van der Waals surface area contributed by atoms with Crippen molar-refractivity contribution in [2.45, 2.75) is 71.8 Å². The van der Waals surface area contributed by atoms with Crippen LogP contribution in [-0.4, -0.2) is 33.6 Å². The molecule has 5 heteroatoms. The highest BCUT2D eigenvalue weighted by atomic mass is 16.4. The van der Waals surface area contributed by atoms with Crippen LogP contribution < -0.4 is 4.90 Å². The lowest BCUT2D eigenvalue weighted by Crippen LogP contribution is -2.39. The zero-order valence-electron chi connectivity index (χ0n) is 20.6. The Bertz CT molecular complexity index is 1120. The highest BCUT2D eigenvalue weighted by molar-refractivity contribution is 5.80. The van der Waals surface area contributed by atoms with Crippen molar-refractivity contribution < 1.29 is 9.90 Å². The molecular weight excluding hydrogens is 422 g/mol. The molecule has 0 saturated heterocycles. The van der Waals surface area contributed by atoms with Crippen LogP contribution in [0.15, 0.2) is 48.5 Å². The number of nitrogens with zero attached hydrogens (tertiary/aromatic N) is 3. The first-order valence-corrected chi connectivity index (χ1v) is 12.5. The molecule has 1 aliphatic rings. The third kappa shape index (κ3) is 5.64. The Morgan fingerprint density at radius 3 is 2.03 bits per heavy atom. The van der Waals surface area contributed by atoms with Gasteiger partial charge in [0.2, 0.25) is 0 Å². The van der Waals surface area contributed by atoms with Crippen molar-refractivity contribution >= 4 is 11.8 Å². The van der Waals surface area contributed by atoms with Gasteiger partial charge in [-0.1, -0.05) is 72.5 Å². The predicted octanol–water partition coefficient (Wildman–Crippen LogP) is 6.60. The molecule has 0 radical (unpaired) electrons. The van der Waals surface area contributed by atoms with Crippen molar-refractivity contribution in [3.63, 3.8) is 0 Å². The second kappa shape index (κ2) is 10.8. The topological polar surface area (TPSA) is 66.3 Å². The standard InChI is InChI=1S/C29H35N3O2/c1-20-9-14-23(15-10-20)27-28(24-16-11-21(2)12-17-24)31-29-25(30-27)18-13-22(3)32(29)19-7-5-4-6-8-26(33)34/h9-12,14-17,22H,4-8,13,18-19H2,1-3H3,(H,33,34). The average molecular weight is 458 g/mol. The van der Waals surface area contributed by atoms with Gasteiger partial charge in [-0.05, 0) is 46.5 Å². The maximum atomic E-state index is 10.8. The molecular formula is C29H35N3O2. The van der Waals surface area contributed by atoms with Crippen LogP contribution >= 0.6 is 0 Å². The monoisotopic (exact) mass is 457 g/mol. The molecule has 1 aliphatic heterocycles. The van der Waals surface area contributed by atoms with E-state index in [9.17, 15) is 4.79 Å². The molecule has 0 bridgehead atoms. The minimum Gasteiger partial charge on any atom is -0.481 e. The number of unbranched alkanes of at least 4 members (excludes halogenated alkanes) is 3. The smallest absolute Gasteiger partial charge is 0.303 e. The third-order valence-corrected chi connectivity index (χ3v) is 6.74. The SMILES string of the molecule is Cc1ccc(-c2nc3c(nc2-c2ccc(C)cc2)N(CCCCCCC(=O)O)C(C)CC3)cc1. The summed E-state index contributed by atoms with van der Waals surface area (Å²) in [6.07, 6.45) is 6.03. The van der Waals surface area contributed by atoms with Gasteiger partial charge in [0.1, 0.15) is 0 Å². The number of aromatic nitrogens is 2. The first kappa shape index (κ1) is 23.9. The number of fused-ring (bicyclic) bond motifs is 1. The number of carboxylic acid groups (broad SMARTS) is 1. The number of hydrogen-bond donors (Lipinski definition) is 1. The molecule has 0 amide bonds. The van der Waals surface area contributed by atoms with Crippen LogP contribution in [-0.2, 0) is 11.2 Å². The van der Waals surface area contributed by atoms with Gasteiger partial charge in [0.05, 0.1) is 17.1 Å². The predicted molar refractivity (Wildman–Crippen MR) is 138 cm³/mol. The van der Waals surface area contributed by atoms with Crippen molar-refractivity contribution in [3.05, 3.63) is 65.4 Å². The van der Waals surface area contributed by atoms with Gasteiger partial charge in [-0.15, -0.1) is 0 Å². The summed E-state index contributed by atoms with van der Waals surface area (Å²) < 4.78 is 0. The number of aryl methyl sites for hydroxylation is 3. The van der Waals surface area contributed by atoms with E-state index in [1.165, 1.54) is 11.1 Å². The zero-order chi connectivity index (χ0) is 24.1. The largest absolute Gasteiger partial charge is 0.481 e. The molecule has 1 aromatic heterocycles. The van der Waals surface area contributed by atoms with Gasteiger partial charge in [-0.3, -0.25) is 4.79 Å². The number of anilines is 1. The molecule has 0 spiro atoms. The van der Waals surface area contributed by atoms with E-state index in [1.54, 1.807) is 0 Å². The van der Waals surface area contributed by atoms with Crippen LogP contribution in [0.5, 0.6) is 0 Å². The number of hydrogen-bond acceptors (Lipinski definition) is 4. The minimum atomic E-state index is -0.707. The first-order chi connectivity index (χ1) is 16.4. The zero-order valence-corrected chi connectivity index (χ0v) is 20.6. The Labute approximate surface area is 202 Å². The first-order valence-electron chi connectivity index (χ1n) is 12.5. The van der Waals surface area contributed by atoms with E-state index in [1.807, 2.05) is 0 Å². The fourth-order valence-corrected chi connectivity index (χ4v) is 4.63. The summed E-state index contributed by atoms with van der Waals surface area (Å²) in [6.45, 7) is 7.40. The van der Waals surface area contributed by atoms with E-state index in [0.717, 1.165) is 79.1 Å². The highest BCUT2D eigenvalue weighted by Crippen LogP contribution is 2.36. The quantitative estimate of drug-likeness (QED) is 0.367. The van der Waals surface area contributed by atoms with E-state index in [-0.39, 0.29) is 6.42 Å². The maximum Gasteiger partial charge on any atom is 0.303 e. The molecule has 0 aliphatic carbocycles. The molecule has 1 N–H and O–H groups in total. The van der Waals surface area contributed by atoms with Crippen LogP contribution in [0.2, 0.25) is 0 Å². The molecule has 1 unspecified atom stereocenters. The van der Waals surface area contributed by atoms with Crippen LogP contribution in [0.4, 0.5) is 5.82 Å². The van der Waals surface area contributed by atoms with Gasteiger partial charge in [-0.2, -0.15) is 0 Å². The summed E-state index contributed by atoms with van der Waals surface area (Å²) in [4.78, 5) is 23.6. The Balaban J connectivity index is 1.65. The Kier molecular flexibility index (Phi) is 7.61. The van der Waals surface area contributed by atoms with Gasteiger partial charge in [-0.25, -0.2) is 9.97 Å². The van der Waals surface area contributed by atoms with E-state index in [2.05, 4.69) is 74.2 Å². The van der Waals surface area contributed by atoms with E-state index in [4.69, 9.17) is 15.1 Å². The number of carbonyl (C=O) groups is 1. The minimum absolute atomic E-state index is 0.260. The van der Waals surface area contributed by atoms with Crippen molar-refractivity contribution in [2.24, 2.45) is 0 Å². The second-order valence-electron chi connectivity index (χ2n) is 9.56. The molecule has 5 nitrogen and oxygen atoms in total. The molecule has 2 heterocycles. The summed E-state index contributed by atoms with van der Waals surface area (Å²) in [6, 6.07) is 17.5. The fraction of sp³-hybridized carbons (Fsp3) is 0.414. The number of aliphatic carboxylic acids is 1. The van der Waals surface area contributed by atoms with E-state index < -0.39 is 5.97 Å². The van der Waals surface area contributed by atoms with Gasteiger partial charge in [0.25, 0.3) is 0 Å². The summed E-state index contributed by atoms with van der Waals surface area (Å²) in [5, 5.41) is 8.85. The molecule has 34 heavy (non-hydrogen) atoms. The van der Waals surface area contributed by atoms with Crippen molar-refractivity contribution in [1.82, 2.24) is 9.97 Å². The number of carboxylic acids is 1. The lowest BCUT2D eigenvalue weighted by Gasteiger charge is -2.36. The van der Waals surface area contributed by atoms with Crippen molar-refractivity contribution in [3.8, 4) is 22.5 Å². The lowest BCUT2D eigenvalue weighted by atomic mass is 9.99. The molecule has 178 valence electrons. The lowest BCUT2D eigenvalue weighted by molar-refractivity contribution is -0.137. The Morgan fingerprint density at radius 1 is 0.882 bits per heavy atom. The van der Waals surface area contributed by atoms with E-state index >= 15 is 0 Å². The van der Waals surface area contributed by atoms with E-state index in [0.29, 0.717) is 6.04 Å². The van der Waals surface area contributed by atoms with Crippen molar-refractivity contribution in [1.29, 1.82) is 0 Å². The summed E-state index contributed by atoms with van der Waals surface area (Å²) in [7, 11) is 0. The van der Waals surface area contributed by atoms with Gasteiger partial charge < -0.3 is 10.0 Å². The van der Waals surface area contributed by atoms with Gasteiger partial charge >= 0.3 is 5.97 Å². The third-order valence-electron chi connectivity index (χ3n) is 6.74. The normalized spacial score (nSPS) is 15.3.